The van der Waals surface area contributed by atoms with Crippen LogP contribution in [0.1, 0.15) is 67.5 Å². The summed E-state index contributed by atoms with van der Waals surface area (Å²) in [6.45, 7) is 6.13. The number of H-pyrrole nitrogens is 2. The van der Waals surface area contributed by atoms with Gasteiger partial charge in [-0.05, 0) is 75.2 Å². The van der Waals surface area contributed by atoms with Crippen molar-refractivity contribution in [3.63, 3.8) is 0 Å². The maximum atomic E-state index is 12.9. The summed E-state index contributed by atoms with van der Waals surface area (Å²) >= 11 is 0. The molecule has 0 aliphatic rings. The number of benzene rings is 2. The summed E-state index contributed by atoms with van der Waals surface area (Å²) in [5, 5.41) is 5.84. The molecule has 0 radical (unpaired) electrons. The summed E-state index contributed by atoms with van der Waals surface area (Å²) in [6.07, 6.45) is 1.41. The van der Waals surface area contributed by atoms with Gasteiger partial charge in [0.25, 0.3) is 11.8 Å². The number of nitrogens with one attached hydrogen (secondary N) is 4. The van der Waals surface area contributed by atoms with E-state index < -0.39 is 5.41 Å². The average Bonchev–Trinajstić information content (AvgIpc) is 3.63. The van der Waals surface area contributed by atoms with Crippen LogP contribution in [0.25, 0.3) is 0 Å². The number of aromatic nitrogens is 2. The van der Waals surface area contributed by atoms with Crippen molar-refractivity contribution in [2.45, 2.75) is 32.1 Å². The van der Waals surface area contributed by atoms with Crippen molar-refractivity contribution >= 4 is 11.8 Å². The Kier molecular flexibility index (Phi) is 9.01. The van der Waals surface area contributed by atoms with Gasteiger partial charge >= 0.3 is 0 Å². The Hall–Kier alpha value is -4.14. The fraction of sp³-hybridized carbons (Fsp3) is 0.290. The van der Waals surface area contributed by atoms with Gasteiger partial charge in [-0.25, -0.2) is 0 Å². The summed E-state index contributed by atoms with van der Waals surface area (Å²) in [6, 6.07) is 24.2. The van der Waals surface area contributed by atoms with E-state index in [1.807, 2.05) is 26.0 Å². The standard InChI is InChI=1S/C31H38N6O2/c1-21-5-9-23(10-6-21)31(24-11-7-22(2)8-12-24,27-15-13-25(36-27)29(38)34-19-3-17-32)28-16-14-26(37-28)30(39)35-20-4-18-33/h5-16,36-37H,3-4,17-20,32-33H2,1-2H3,(H,34,38)(H,35,39). The van der Waals surface area contributed by atoms with Gasteiger partial charge in [-0.1, -0.05) is 59.7 Å². The molecule has 8 N–H and O–H groups in total. The van der Waals surface area contributed by atoms with E-state index in [0.717, 1.165) is 33.6 Å². The van der Waals surface area contributed by atoms with Crippen LogP contribution in [-0.4, -0.2) is 48.0 Å². The molecule has 0 spiro atoms. The summed E-state index contributed by atoms with van der Waals surface area (Å²) < 4.78 is 0. The largest absolute Gasteiger partial charge is 0.353 e. The van der Waals surface area contributed by atoms with Gasteiger partial charge in [0, 0.05) is 24.5 Å². The fourth-order valence-corrected chi connectivity index (χ4v) is 4.83. The summed E-state index contributed by atoms with van der Waals surface area (Å²) in [7, 11) is 0. The number of hydrogen-bond donors (Lipinski definition) is 6. The van der Waals surface area contributed by atoms with E-state index in [-0.39, 0.29) is 11.8 Å². The minimum Gasteiger partial charge on any atom is -0.353 e. The third kappa shape index (κ3) is 5.97. The van der Waals surface area contributed by atoms with Gasteiger partial charge in [0.15, 0.2) is 0 Å². The average molecular weight is 527 g/mol. The zero-order valence-electron chi connectivity index (χ0n) is 22.6. The first-order valence-electron chi connectivity index (χ1n) is 13.4. The minimum absolute atomic E-state index is 0.192. The molecule has 8 heteroatoms. The summed E-state index contributed by atoms with van der Waals surface area (Å²) in [5.41, 5.74) is 17.1. The molecule has 39 heavy (non-hydrogen) atoms. The molecule has 0 unspecified atom stereocenters. The molecule has 4 rings (SSSR count). The smallest absolute Gasteiger partial charge is 0.267 e. The first kappa shape index (κ1) is 27.9. The van der Waals surface area contributed by atoms with Crippen molar-refractivity contribution in [3.8, 4) is 0 Å². The Morgan fingerprint density at radius 1 is 0.641 bits per heavy atom. The third-order valence-corrected chi connectivity index (χ3v) is 6.97. The summed E-state index contributed by atoms with van der Waals surface area (Å²) in [4.78, 5) is 32.7. The summed E-state index contributed by atoms with van der Waals surface area (Å²) in [5.74, 6) is -0.384. The van der Waals surface area contributed by atoms with Crippen LogP contribution in [0.15, 0.2) is 72.8 Å². The Bertz CT molecular complexity index is 1280. The second-order valence-corrected chi connectivity index (χ2v) is 9.85. The normalized spacial score (nSPS) is 11.4. The molecule has 0 aliphatic carbocycles. The van der Waals surface area contributed by atoms with Crippen LogP contribution < -0.4 is 22.1 Å². The van der Waals surface area contributed by atoms with Gasteiger partial charge in [-0.2, -0.15) is 0 Å². The molecule has 0 fully saturated rings. The molecule has 2 aromatic carbocycles. The monoisotopic (exact) mass is 526 g/mol. The van der Waals surface area contributed by atoms with Gasteiger partial charge in [0.05, 0.1) is 0 Å². The number of aryl methyl sites for hydroxylation is 2. The van der Waals surface area contributed by atoms with Crippen LogP contribution in [0.3, 0.4) is 0 Å². The molecule has 4 aromatic rings. The second kappa shape index (κ2) is 12.6. The van der Waals surface area contributed by atoms with Crippen molar-refractivity contribution < 1.29 is 9.59 Å². The predicted octanol–water partition coefficient (Wildman–Crippen LogP) is 3.50. The lowest BCUT2D eigenvalue weighted by molar-refractivity contribution is 0.0941. The lowest BCUT2D eigenvalue weighted by Crippen LogP contribution is -2.33. The highest BCUT2D eigenvalue weighted by atomic mass is 16.2. The van der Waals surface area contributed by atoms with Crippen LogP contribution in [-0.2, 0) is 5.41 Å². The number of carbonyl (C=O) groups is 2. The maximum Gasteiger partial charge on any atom is 0.267 e. The molecule has 8 nitrogen and oxygen atoms in total. The van der Waals surface area contributed by atoms with Gasteiger partial charge in [0.1, 0.15) is 16.8 Å². The molecule has 0 saturated carbocycles. The predicted molar refractivity (Wildman–Crippen MR) is 155 cm³/mol. The van der Waals surface area contributed by atoms with Gasteiger partial charge < -0.3 is 32.1 Å². The van der Waals surface area contributed by atoms with E-state index in [2.05, 4.69) is 69.1 Å². The zero-order valence-corrected chi connectivity index (χ0v) is 22.6. The van der Waals surface area contributed by atoms with Crippen LogP contribution in [0.4, 0.5) is 0 Å². The number of rotatable bonds is 12. The van der Waals surface area contributed by atoms with E-state index in [1.54, 1.807) is 12.1 Å². The lowest BCUT2D eigenvalue weighted by atomic mass is 9.69. The molecule has 2 heterocycles. The van der Waals surface area contributed by atoms with E-state index >= 15 is 0 Å². The molecule has 2 amide bonds. The Morgan fingerprint density at radius 2 is 1.03 bits per heavy atom. The number of carbonyl (C=O) groups excluding carboxylic acids is 2. The van der Waals surface area contributed by atoms with E-state index in [4.69, 9.17) is 11.5 Å². The van der Waals surface area contributed by atoms with Gasteiger partial charge in [-0.3, -0.25) is 9.59 Å². The molecule has 0 bridgehead atoms. The van der Waals surface area contributed by atoms with Crippen molar-refractivity contribution in [2.24, 2.45) is 11.5 Å². The van der Waals surface area contributed by atoms with Crippen LogP contribution in [0, 0.1) is 13.8 Å². The highest BCUT2D eigenvalue weighted by Crippen LogP contribution is 2.44. The van der Waals surface area contributed by atoms with Gasteiger partial charge in [-0.15, -0.1) is 0 Å². The van der Waals surface area contributed by atoms with Gasteiger partial charge in [0.2, 0.25) is 0 Å². The minimum atomic E-state index is -0.854. The Labute approximate surface area is 229 Å². The Balaban J connectivity index is 1.89. The third-order valence-electron chi connectivity index (χ3n) is 6.97. The van der Waals surface area contributed by atoms with Crippen molar-refractivity contribution in [3.05, 3.63) is 118 Å². The van der Waals surface area contributed by atoms with E-state index in [0.29, 0.717) is 50.4 Å². The van der Waals surface area contributed by atoms with Crippen molar-refractivity contribution in [1.82, 2.24) is 20.6 Å². The molecule has 0 saturated heterocycles. The van der Waals surface area contributed by atoms with Crippen molar-refractivity contribution in [2.75, 3.05) is 26.2 Å². The quantitative estimate of drug-likeness (QED) is 0.157. The fourth-order valence-electron chi connectivity index (χ4n) is 4.83. The first-order valence-corrected chi connectivity index (χ1v) is 13.4. The number of nitrogens with two attached hydrogens (primary N) is 2. The van der Waals surface area contributed by atoms with E-state index in [9.17, 15) is 9.59 Å². The number of hydrogen-bond acceptors (Lipinski definition) is 4. The Morgan fingerprint density at radius 3 is 1.38 bits per heavy atom. The molecule has 0 atom stereocenters. The molecule has 2 aromatic heterocycles. The van der Waals surface area contributed by atoms with Crippen LogP contribution in [0.2, 0.25) is 0 Å². The topological polar surface area (TPSA) is 142 Å². The SMILES string of the molecule is Cc1ccc(C(c2ccc(C)cc2)(c2ccc(C(=O)NCCCN)[nH]2)c2ccc(C(=O)NCCCN)[nH]2)cc1. The highest BCUT2D eigenvalue weighted by molar-refractivity contribution is 5.93. The molecular formula is C31H38N6O2. The zero-order chi connectivity index (χ0) is 27.8. The van der Waals surface area contributed by atoms with Crippen LogP contribution >= 0.6 is 0 Å². The number of amides is 2. The first-order chi connectivity index (χ1) is 18.9. The molecular weight excluding hydrogens is 488 g/mol. The maximum absolute atomic E-state index is 12.9. The highest BCUT2D eigenvalue weighted by Gasteiger charge is 2.41. The molecule has 204 valence electrons. The lowest BCUT2D eigenvalue weighted by Gasteiger charge is -2.34. The second-order valence-electron chi connectivity index (χ2n) is 9.85. The van der Waals surface area contributed by atoms with Crippen molar-refractivity contribution in [1.29, 1.82) is 0 Å². The molecule has 0 aliphatic heterocycles. The van der Waals surface area contributed by atoms with E-state index in [1.165, 1.54) is 0 Å². The van der Waals surface area contributed by atoms with Crippen LogP contribution in [0.5, 0.6) is 0 Å². The number of aromatic amines is 2.